The lowest BCUT2D eigenvalue weighted by Crippen LogP contribution is -2.03. The highest BCUT2D eigenvalue weighted by molar-refractivity contribution is 6.35. The lowest BCUT2D eigenvalue weighted by Gasteiger charge is -2.06. The summed E-state index contributed by atoms with van der Waals surface area (Å²) in [7, 11) is 3.15. The van der Waals surface area contributed by atoms with Crippen LogP contribution in [0.25, 0.3) is 11.6 Å². The predicted octanol–water partition coefficient (Wildman–Crippen LogP) is 3.61. The molecule has 4 rings (SSSR count). The van der Waals surface area contributed by atoms with E-state index in [1.165, 1.54) is 0 Å². The van der Waals surface area contributed by atoms with Gasteiger partial charge in [-0.05, 0) is 42.0 Å². The normalized spacial score (nSPS) is 14.5. The monoisotopic (exact) mass is 400 g/mol. The van der Waals surface area contributed by atoms with E-state index in [1.807, 2.05) is 18.2 Å². The van der Waals surface area contributed by atoms with E-state index in [4.69, 9.17) is 9.47 Å². The van der Waals surface area contributed by atoms with E-state index >= 15 is 0 Å². The maximum absolute atomic E-state index is 12.6. The number of benzene rings is 2. The second-order valence-electron chi connectivity index (χ2n) is 6.65. The molecule has 1 aliphatic heterocycles. The molecule has 0 fully saturated rings. The van der Waals surface area contributed by atoms with Crippen LogP contribution >= 0.6 is 0 Å². The van der Waals surface area contributed by atoms with Gasteiger partial charge in [0.2, 0.25) is 0 Å². The van der Waals surface area contributed by atoms with Gasteiger partial charge in [0.15, 0.2) is 0 Å². The molecule has 2 heterocycles. The van der Waals surface area contributed by atoms with E-state index in [0.717, 1.165) is 0 Å². The van der Waals surface area contributed by atoms with Gasteiger partial charge in [-0.3, -0.25) is 4.79 Å². The number of H-pyrrole nitrogens is 1. The molecule has 0 radical (unpaired) electrons. The van der Waals surface area contributed by atoms with Gasteiger partial charge in [-0.1, -0.05) is 30.0 Å². The Morgan fingerprint density at radius 2 is 1.93 bits per heavy atom. The first-order chi connectivity index (χ1) is 14.6. The molecule has 3 aromatic rings. The van der Waals surface area contributed by atoms with Crippen molar-refractivity contribution in [3.05, 3.63) is 77.1 Å². The number of carbonyl (C=O) groups is 1. The molecule has 0 saturated carbocycles. The van der Waals surface area contributed by atoms with Crippen LogP contribution in [0.15, 0.2) is 54.7 Å². The molecule has 1 aliphatic rings. The van der Waals surface area contributed by atoms with Gasteiger partial charge in [-0.15, -0.1) is 0 Å². The topological polar surface area (TPSA) is 83.6 Å². The summed E-state index contributed by atoms with van der Waals surface area (Å²) < 4.78 is 10.5. The van der Waals surface area contributed by atoms with E-state index in [0.29, 0.717) is 45.1 Å². The molecule has 1 unspecified atom stereocenters. The first kappa shape index (κ1) is 19.4. The lowest BCUT2D eigenvalue weighted by molar-refractivity contribution is -0.110. The summed E-state index contributed by atoms with van der Waals surface area (Å²) in [5, 5.41) is 13.4. The molecule has 0 spiro atoms. The number of anilines is 1. The molecule has 0 bridgehead atoms. The number of ether oxygens (including phenoxy) is 2. The van der Waals surface area contributed by atoms with Crippen molar-refractivity contribution in [1.82, 2.24) is 4.98 Å². The average molecular weight is 400 g/mol. The number of aliphatic hydroxyl groups is 1. The quantitative estimate of drug-likeness (QED) is 0.462. The first-order valence-corrected chi connectivity index (χ1v) is 9.32. The van der Waals surface area contributed by atoms with Gasteiger partial charge in [-0.2, -0.15) is 0 Å². The zero-order chi connectivity index (χ0) is 21.1. The van der Waals surface area contributed by atoms with Crippen LogP contribution in [-0.2, 0) is 4.79 Å². The van der Waals surface area contributed by atoms with Crippen LogP contribution in [-0.4, -0.2) is 30.2 Å². The highest BCUT2D eigenvalue weighted by Crippen LogP contribution is 2.36. The zero-order valence-electron chi connectivity index (χ0n) is 16.5. The Kier molecular flexibility index (Phi) is 5.29. The second-order valence-corrected chi connectivity index (χ2v) is 6.65. The van der Waals surface area contributed by atoms with Crippen molar-refractivity contribution in [3.63, 3.8) is 0 Å². The lowest BCUT2D eigenvalue weighted by atomic mass is 9.99. The highest BCUT2D eigenvalue weighted by Gasteiger charge is 2.27. The first-order valence-electron chi connectivity index (χ1n) is 9.32. The molecule has 0 saturated heterocycles. The van der Waals surface area contributed by atoms with Gasteiger partial charge in [0.25, 0.3) is 5.91 Å². The average Bonchev–Trinajstić information content (AvgIpc) is 3.36. The van der Waals surface area contributed by atoms with Gasteiger partial charge < -0.3 is 24.9 Å². The third-order valence-corrected chi connectivity index (χ3v) is 4.83. The van der Waals surface area contributed by atoms with Crippen LogP contribution in [0.2, 0.25) is 0 Å². The van der Waals surface area contributed by atoms with Crippen LogP contribution in [0.3, 0.4) is 0 Å². The maximum Gasteiger partial charge on any atom is 0.256 e. The van der Waals surface area contributed by atoms with Gasteiger partial charge in [-0.25, -0.2) is 0 Å². The van der Waals surface area contributed by atoms with Crippen LogP contribution < -0.4 is 14.8 Å². The third kappa shape index (κ3) is 3.66. The van der Waals surface area contributed by atoms with E-state index in [1.54, 1.807) is 56.8 Å². The van der Waals surface area contributed by atoms with Gasteiger partial charge in [0, 0.05) is 17.3 Å². The molecule has 150 valence electrons. The number of hydrogen-bond donors (Lipinski definition) is 3. The van der Waals surface area contributed by atoms with E-state index < -0.39 is 6.10 Å². The minimum atomic E-state index is -0.989. The number of aromatic amines is 1. The second kappa shape index (κ2) is 8.19. The largest absolute Gasteiger partial charge is 0.497 e. The molecule has 1 atom stereocenters. The summed E-state index contributed by atoms with van der Waals surface area (Å²) in [6.07, 6.45) is 2.50. The summed E-state index contributed by atoms with van der Waals surface area (Å²) in [5.41, 5.74) is 3.82. The molecule has 3 N–H and O–H groups in total. The van der Waals surface area contributed by atoms with Gasteiger partial charge in [0.05, 0.1) is 31.2 Å². The molecule has 30 heavy (non-hydrogen) atoms. The van der Waals surface area contributed by atoms with E-state index in [9.17, 15) is 9.90 Å². The highest BCUT2D eigenvalue weighted by atomic mass is 16.5. The van der Waals surface area contributed by atoms with Gasteiger partial charge in [0.1, 0.15) is 17.6 Å². The van der Waals surface area contributed by atoms with Crippen LogP contribution in [0.4, 0.5) is 5.69 Å². The van der Waals surface area contributed by atoms with Crippen molar-refractivity contribution in [2.75, 3.05) is 19.5 Å². The molecular formula is C24H20N2O4. The molecular weight excluding hydrogens is 380 g/mol. The van der Waals surface area contributed by atoms with Crippen molar-refractivity contribution in [2.45, 2.75) is 6.10 Å². The molecule has 6 heteroatoms. The SMILES string of the molecule is COc1cccc(C(O)C#Cc2cccc3c2C(=Cc2[nH]ccc2OC)C(=O)N3)c1. The Balaban J connectivity index is 1.72. The minimum absolute atomic E-state index is 0.218. The Labute approximate surface area is 174 Å². The summed E-state index contributed by atoms with van der Waals surface area (Å²) >= 11 is 0. The third-order valence-electron chi connectivity index (χ3n) is 4.83. The Hall–Kier alpha value is -3.95. The fraction of sp³-hybridized carbons (Fsp3) is 0.125. The maximum atomic E-state index is 12.6. The Bertz CT molecular complexity index is 1200. The number of aliphatic hydroxyl groups excluding tert-OH is 1. The number of nitrogens with one attached hydrogen (secondary N) is 2. The fourth-order valence-electron chi connectivity index (χ4n) is 3.34. The summed E-state index contributed by atoms with van der Waals surface area (Å²) in [6, 6.07) is 14.4. The van der Waals surface area contributed by atoms with Crippen molar-refractivity contribution in [3.8, 4) is 23.3 Å². The number of carbonyl (C=O) groups excluding carboxylic acids is 1. The number of hydrogen-bond acceptors (Lipinski definition) is 4. The molecule has 1 aromatic heterocycles. The summed E-state index contributed by atoms with van der Waals surface area (Å²) in [6.45, 7) is 0. The Morgan fingerprint density at radius 1 is 1.10 bits per heavy atom. The van der Waals surface area contributed by atoms with Crippen LogP contribution in [0.1, 0.15) is 28.5 Å². The fourth-order valence-corrected chi connectivity index (χ4v) is 3.34. The molecule has 0 aliphatic carbocycles. The standard InChI is InChI=1S/C24H20N2O4/c1-29-17-7-3-6-16(13-17)21(27)10-9-15-5-4-8-19-23(15)18(24(28)26-19)14-20-22(30-2)11-12-25-20/h3-8,11-14,21,25,27H,1-2H3,(H,26,28). The zero-order valence-corrected chi connectivity index (χ0v) is 16.5. The smallest absolute Gasteiger partial charge is 0.256 e. The van der Waals surface area contributed by atoms with E-state index in [-0.39, 0.29) is 5.91 Å². The molecule has 1 amide bonds. The number of rotatable bonds is 4. The van der Waals surface area contributed by atoms with Crippen molar-refractivity contribution in [2.24, 2.45) is 0 Å². The summed E-state index contributed by atoms with van der Waals surface area (Å²) in [4.78, 5) is 15.7. The minimum Gasteiger partial charge on any atom is -0.497 e. The van der Waals surface area contributed by atoms with Crippen molar-refractivity contribution < 1.29 is 19.4 Å². The summed E-state index contributed by atoms with van der Waals surface area (Å²) in [5.74, 6) is 6.96. The van der Waals surface area contributed by atoms with Crippen LogP contribution in [0, 0.1) is 11.8 Å². The molecule has 2 aromatic carbocycles. The number of amides is 1. The Morgan fingerprint density at radius 3 is 2.73 bits per heavy atom. The molecule has 6 nitrogen and oxygen atoms in total. The van der Waals surface area contributed by atoms with Crippen molar-refractivity contribution >= 4 is 23.2 Å². The van der Waals surface area contributed by atoms with Crippen molar-refractivity contribution in [1.29, 1.82) is 0 Å². The number of aromatic nitrogens is 1. The van der Waals surface area contributed by atoms with Gasteiger partial charge >= 0.3 is 0 Å². The number of methoxy groups -OCH3 is 2. The van der Waals surface area contributed by atoms with E-state index in [2.05, 4.69) is 22.1 Å². The van der Waals surface area contributed by atoms with Crippen LogP contribution in [0.5, 0.6) is 11.5 Å². The predicted molar refractivity (Wildman–Crippen MR) is 115 cm³/mol. The number of fused-ring (bicyclic) bond motifs is 1.